The summed E-state index contributed by atoms with van der Waals surface area (Å²) in [6, 6.07) is 17.0. The van der Waals surface area contributed by atoms with E-state index in [0.29, 0.717) is 5.56 Å². The van der Waals surface area contributed by atoms with Crippen molar-refractivity contribution in [3.05, 3.63) is 110 Å². The molecule has 3 aromatic carbocycles. The van der Waals surface area contributed by atoms with Gasteiger partial charge in [-0.2, -0.15) is 0 Å². The summed E-state index contributed by atoms with van der Waals surface area (Å²) in [4.78, 5) is 46.6. The van der Waals surface area contributed by atoms with Gasteiger partial charge < -0.3 is 15.4 Å². The summed E-state index contributed by atoms with van der Waals surface area (Å²) in [6.07, 6.45) is 1.32. The Kier molecular flexibility index (Phi) is 7.29. The van der Waals surface area contributed by atoms with Crippen LogP contribution in [0.15, 0.2) is 78.5 Å². The number of benzene rings is 3. The Labute approximate surface area is 193 Å². The smallest absolute Gasteiger partial charge is 0.272 e. The Morgan fingerprint density at radius 2 is 1.56 bits per heavy atom. The van der Waals surface area contributed by atoms with Crippen LogP contribution in [0.25, 0.3) is 6.08 Å². The van der Waals surface area contributed by atoms with E-state index in [1.807, 2.05) is 0 Å². The normalized spacial score (nSPS) is 10.8. The molecule has 0 radical (unpaired) electrons. The monoisotopic (exact) mass is 462 g/mol. The van der Waals surface area contributed by atoms with Gasteiger partial charge in [0.2, 0.25) is 0 Å². The van der Waals surface area contributed by atoms with Gasteiger partial charge in [0, 0.05) is 30.0 Å². The van der Waals surface area contributed by atoms with Crippen molar-refractivity contribution >= 4 is 35.0 Å². The lowest BCUT2D eigenvalue weighted by Gasteiger charge is -2.13. The first-order chi connectivity index (χ1) is 16.3. The number of nitrogens with zero attached hydrogens (tertiary/aromatic N) is 2. The predicted molar refractivity (Wildman–Crippen MR) is 123 cm³/mol. The summed E-state index contributed by atoms with van der Waals surface area (Å²) in [5.74, 6) is -1.12. The lowest BCUT2D eigenvalue weighted by molar-refractivity contribution is -0.385. The van der Waals surface area contributed by atoms with Gasteiger partial charge in [-0.1, -0.05) is 18.2 Å². The number of hydrogen-bond acceptors (Lipinski definition) is 7. The minimum atomic E-state index is -0.762. The number of amides is 2. The van der Waals surface area contributed by atoms with Gasteiger partial charge >= 0.3 is 0 Å². The van der Waals surface area contributed by atoms with E-state index in [1.54, 1.807) is 18.2 Å². The molecule has 0 unspecified atom stereocenters. The largest absolute Gasteiger partial charge is 0.496 e. The molecule has 2 amide bonds. The maximum Gasteiger partial charge on any atom is 0.272 e. The third kappa shape index (κ3) is 5.79. The summed E-state index contributed by atoms with van der Waals surface area (Å²) in [6.45, 7) is 0. The molecule has 3 aromatic rings. The van der Waals surface area contributed by atoms with Crippen LogP contribution in [-0.4, -0.2) is 28.8 Å². The molecule has 34 heavy (non-hydrogen) atoms. The first-order valence-electron chi connectivity index (χ1n) is 9.75. The van der Waals surface area contributed by atoms with Gasteiger partial charge in [-0.05, 0) is 42.0 Å². The molecule has 0 bridgehead atoms. The van der Waals surface area contributed by atoms with Crippen LogP contribution < -0.4 is 15.4 Å². The molecule has 3 rings (SSSR count). The molecule has 0 aliphatic rings. The van der Waals surface area contributed by atoms with Crippen molar-refractivity contribution in [3.8, 4) is 5.75 Å². The van der Waals surface area contributed by atoms with Crippen LogP contribution in [-0.2, 0) is 4.79 Å². The third-order valence-electron chi connectivity index (χ3n) is 4.57. The maximum absolute atomic E-state index is 13.0. The van der Waals surface area contributed by atoms with Gasteiger partial charge in [-0.15, -0.1) is 0 Å². The van der Waals surface area contributed by atoms with E-state index in [4.69, 9.17) is 4.74 Å². The van der Waals surface area contributed by atoms with Crippen LogP contribution in [0.5, 0.6) is 5.75 Å². The van der Waals surface area contributed by atoms with E-state index in [1.165, 1.54) is 67.8 Å². The fourth-order valence-electron chi connectivity index (χ4n) is 2.93. The predicted octanol–water partition coefficient (Wildman–Crippen LogP) is 3.92. The molecule has 0 aliphatic carbocycles. The van der Waals surface area contributed by atoms with E-state index < -0.39 is 21.7 Å². The lowest BCUT2D eigenvalue weighted by Crippen LogP contribution is -2.31. The number of nitrogens with one attached hydrogen (secondary N) is 2. The Balaban J connectivity index is 1.94. The van der Waals surface area contributed by atoms with Crippen LogP contribution in [0.3, 0.4) is 0 Å². The number of nitro groups is 2. The molecule has 0 spiro atoms. The van der Waals surface area contributed by atoms with Gasteiger partial charge in [0.25, 0.3) is 23.2 Å². The number of ether oxygens (including phenoxy) is 1. The summed E-state index contributed by atoms with van der Waals surface area (Å²) in [7, 11) is 1.40. The highest BCUT2D eigenvalue weighted by Gasteiger charge is 2.18. The number of carbonyl (C=O) groups is 2. The van der Waals surface area contributed by atoms with Crippen molar-refractivity contribution < 1.29 is 24.2 Å². The molecule has 0 heterocycles. The summed E-state index contributed by atoms with van der Waals surface area (Å²) in [5.41, 5.74) is 0.143. The van der Waals surface area contributed by atoms with E-state index >= 15 is 0 Å². The van der Waals surface area contributed by atoms with Crippen molar-refractivity contribution in [2.75, 3.05) is 12.4 Å². The zero-order valence-electron chi connectivity index (χ0n) is 17.8. The summed E-state index contributed by atoms with van der Waals surface area (Å²) in [5, 5.41) is 26.9. The quantitative estimate of drug-likeness (QED) is 0.292. The van der Waals surface area contributed by atoms with Crippen molar-refractivity contribution in [2.24, 2.45) is 0 Å². The van der Waals surface area contributed by atoms with E-state index in [0.717, 1.165) is 0 Å². The van der Waals surface area contributed by atoms with Crippen molar-refractivity contribution in [1.82, 2.24) is 5.32 Å². The zero-order valence-corrected chi connectivity index (χ0v) is 17.8. The van der Waals surface area contributed by atoms with Crippen LogP contribution in [0.1, 0.15) is 15.9 Å². The number of rotatable bonds is 8. The number of nitro benzene ring substituents is 2. The van der Waals surface area contributed by atoms with Crippen LogP contribution in [0.4, 0.5) is 17.1 Å². The Morgan fingerprint density at radius 3 is 2.21 bits per heavy atom. The molecule has 0 fully saturated rings. The number of anilines is 1. The van der Waals surface area contributed by atoms with Gasteiger partial charge in [0.05, 0.1) is 22.5 Å². The second-order valence-electron chi connectivity index (χ2n) is 6.82. The standard InChI is InChI=1S/C23H18N4O7/c1-34-21-8-3-2-7-19(21)22(28)25-20(13-15-9-11-17(12-10-15)26(30)31)23(29)24-16-5-4-6-18(14-16)27(32)33/h2-14H,1H3,(H,24,29)(H,25,28). The Bertz CT molecular complexity index is 1290. The average molecular weight is 462 g/mol. The van der Waals surface area contributed by atoms with Crippen LogP contribution in [0.2, 0.25) is 0 Å². The van der Waals surface area contributed by atoms with Crippen molar-refractivity contribution in [1.29, 1.82) is 0 Å². The van der Waals surface area contributed by atoms with Crippen molar-refractivity contribution in [2.45, 2.75) is 0 Å². The molecule has 0 saturated heterocycles. The van der Waals surface area contributed by atoms with Gasteiger partial charge in [-0.25, -0.2) is 0 Å². The second kappa shape index (κ2) is 10.5. The minimum absolute atomic E-state index is 0.139. The lowest BCUT2D eigenvalue weighted by atomic mass is 10.1. The summed E-state index contributed by atoms with van der Waals surface area (Å²) < 4.78 is 5.19. The van der Waals surface area contributed by atoms with E-state index in [-0.39, 0.29) is 34.1 Å². The van der Waals surface area contributed by atoms with Gasteiger partial charge in [-0.3, -0.25) is 29.8 Å². The average Bonchev–Trinajstić information content (AvgIpc) is 2.84. The number of methoxy groups -OCH3 is 1. The van der Waals surface area contributed by atoms with Gasteiger partial charge in [0.1, 0.15) is 11.4 Å². The topological polar surface area (TPSA) is 154 Å². The number of non-ortho nitro benzene ring substituents is 2. The zero-order chi connectivity index (χ0) is 24.7. The third-order valence-corrected chi connectivity index (χ3v) is 4.57. The maximum atomic E-state index is 13.0. The van der Waals surface area contributed by atoms with E-state index in [2.05, 4.69) is 10.6 Å². The first kappa shape index (κ1) is 23.6. The van der Waals surface area contributed by atoms with Gasteiger partial charge in [0.15, 0.2) is 0 Å². The Hall–Kier alpha value is -5.06. The molecule has 172 valence electrons. The Morgan fingerprint density at radius 1 is 0.882 bits per heavy atom. The van der Waals surface area contributed by atoms with Crippen molar-refractivity contribution in [3.63, 3.8) is 0 Å². The molecular formula is C23H18N4O7. The SMILES string of the molecule is COc1ccccc1C(=O)NC(=Cc1ccc([N+](=O)[O-])cc1)C(=O)Nc1cccc([N+](=O)[O-])c1. The van der Waals surface area contributed by atoms with Crippen LogP contribution in [0, 0.1) is 20.2 Å². The molecule has 11 nitrogen and oxygen atoms in total. The molecular weight excluding hydrogens is 444 g/mol. The highest BCUT2D eigenvalue weighted by molar-refractivity contribution is 6.11. The molecule has 2 N–H and O–H groups in total. The number of hydrogen-bond donors (Lipinski definition) is 2. The molecule has 0 aliphatic heterocycles. The van der Waals surface area contributed by atoms with Crippen LogP contribution >= 0.6 is 0 Å². The fourth-order valence-corrected chi connectivity index (χ4v) is 2.93. The highest BCUT2D eigenvalue weighted by Crippen LogP contribution is 2.20. The number of para-hydroxylation sites is 1. The van der Waals surface area contributed by atoms with E-state index in [9.17, 15) is 29.8 Å². The second-order valence-corrected chi connectivity index (χ2v) is 6.82. The molecule has 11 heteroatoms. The highest BCUT2D eigenvalue weighted by atomic mass is 16.6. The first-order valence-corrected chi connectivity index (χ1v) is 9.75. The molecule has 0 saturated carbocycles. The fraction of sp³-hybridized carbons (Fsp3) is 0.0435. The summed E-state index contributed by atoms with van der Waals surface area (Å²) >= 11 is 0. The molecule has 0 atom stereocenters. The number of carbonyl (C=O) groups excluding carboxylic acids is 2. The minimum Gasteiger partial charge on any atom is -0.496 e. The molecule has 0 aromatic heterocycles.